The topological polar surface area (TPSA) is 21.3 Å². The molecule has 1 atom stereocenters. The number of benzene rings is 1. The van der Waals surface area contributed by atoms with Gasteiger partial charge in [0.1, 0.15) is 5.75 Å². The Labute approximate surface area is 112 Å². The highest BCUT2D eigenvalue weighted by Crippen LogP contribution is 2.28. The molecule has 2 nitrogen and oxygen atoms in total. The van der Waals surface area contributed by atoms with E-state index in [4.69, 9.17) is 4.74 Å². The fraction of sp³-hybridized carbons (Fsp3) is 0.571. The lowest BCUT2D eigenvalue weighted by Crippen LogP contribution is -2.14. The maximum atomic E-state index is 5.25. The summed E-state index contributed by atoms with van der Waals surface area (Å²) in [4.78, 5) is 0. The summed E-state index contributed by atoms with van der Waals surface area (Å²) in [5.41, 5.74) is 1.41. The highest BCUT2D eigenvalue weighted by molar-refractivity contribution is 9.10. The normalized spacial score (nSPS) is 20.9. The molecule has 1 saturated heterocycles. The molecule has 2 rings (SSSR count). The third-order valence-electron chi connectivity index (χ3n) is 3.44. The lowest BCUT2D eigenvalue weighted by Gasteiger charge is -2.14. The first kappa shape index (κ1) is 12.9. The minimum Gasteiger partial charge on any atom is -0.496 e. The molecule has 1 heterocycles. The van der Waals surface area contributed by atoms with Crippen LogP contribution in [0.2, 0.25) is 0 Å². The summed E-state index contributed by atoms with van der Waals surface area (Å²) < 4.78 is 6.31. The average Bonchev–Trinajstić information content (AvgIpc) is 2.58. The van der Waals surface area contributed by atoms with Crippen molar-refractivity contribution in [3.8, 4) is 5.75 Å². The Balaban J connectivity index is 1.99. The van der Waals surface area contributed by atoms with Crippen molar-refractivity contribution in [1.82, 2.24) is 5.32 Å². The molecule has 0 aromatic heterocycles. The van der Waals surface area contributed by atoms with Crippen LogP contribution in [0.25, 0.3) is 0 Å². The van der Waals surface area contributed by atoms with E-state index in [2.05, 4.69) is 33.4 Å². The van der Waals surface area contributed by atoms with Crippen molar-refractivity contribution in [2.45, 2.75) is 25.7 Å². The second kappa shape index (κ2) is 6.41. The molecule has 0 saturated carbocycles. The Morgan fingerprint density at radius 1 is 1.35 bits per heavy atom. The molecule has 0 bridgehead atoms. The maximum Gasteiger partial charge on any atom is 0.133 e. The summed E-state index contributed by atoms with van der Waals surface area (Å²) in [6.07, 6.45) is 5.13. The van der Waals surface area contributed by atoms with E-state index in [9.17, 15) is 0 Å². The zero-order valence-corrected chi connectivity index (χ0v) is 11.9. The Morgan fingerprint density at radius 2 is 2.24 bits per heavy atom. The van der Waals surface area contributed by atoms with Crippen LogP contribution in [0.15, 0.2) is 22.7 Å². The SMILES string of the molecule is COc1ccc(CC2CCCNCC2)cc1Br. The van der Waals surface area contributed by atoms with E-state index in [-0.39, 0.29) is 0 Å². The van der Waals surface area contributed by atoms with E-state index in [1.807, 2.05) is 6.07 Å². The molecule has 1 N–H and O–H groups in total. The van der Waals surface area contributed by atoms with Gasteiger partial charge in [0.05, 0.1) is 11.6 Å². The Morgan fingerprint density at radius 3 is 3.00 bits per heavy atom. The van der Waals surface area contributed by atoms with Gasteiger partial charge in [-0.2, -0.15) is 0 Å². The van der Waals surface area contributed by atoms with Gasteiger partial charge in [0.15, 0.2) is 0 Å². The number of rotatable bonds is 3. The van der Waals surface area contributed by atoms with Gasteiger partial charge in [-0.3, -0.25) is 0 Å². The molecule has 1 unspecified atom stereocenters. The fourth-order valence-electron chi connectivity index (χ4n) is 2.47. The van der Waals surface area contributed by atoms with Gasteiger partial charge in [0, 0.05) is 0 Å². The third kappa shape index (κ3) is 3.71. The summed E-state index contributed by atoms with van der Waals surface area (Å²) in [6, 6.07) is 6.42. The van der Waals surface area contributed by atoms with E-state index >= 15 is 0 Å². The van der Waals surface area contributed by atoms with E-state index in [1.54, 1.807) is 7.11 Å². The van der Waals surface area contributed by atoms with E-state index in [1.165, 1.54) is 44.3 Å². The molecule has 1 aromatic rings. The van der Waals surface area contributed by atoms with Crippen molar-refractivity contribution < 1.29 is 4.74 Å². The molecule has 0 radical (unpaired) electrons. The van der Waals surface area contributed by atoms with Gasteiger partial charge in [0.25, 0.3) is 0 Å². The number of hydrogen-bond donors (Lipinski definition) is 1. The Kier molecular flexibility index (Phi) is 4.86. The van der Waals surface area contributed by atoms with Crippen molar-refractivity contribution in [2.24, 2.45) is 5.92 Å². The summed E-state index contributed by atoms with van der Waals surface area (Å²) in [6.45, 7) is 2.35. The molecule has 0 spiro atoms. The monoisotopic (exact) mass is 297 g/mol. The third-order valence-corrected chi connectivity index (χ3v) is 4.06. The fourth-order valence-corrected chi connectivity index (χ4v) is 3.05. The molecular formula is C14H20BrNO. The van der Waals surface area contributed by atoms with Gasteiger partial charge < -0.3 is 10.1 Å². The van der Waals surface area contributed by atoms with Gasteiger partial charge in [-0.25, -0.2) is 0 Å². The first-order valence-corrected chi connectivity index (χ1v) is 7.12. The number of methoxy groups -OCH3 is 1. The summed E-state index contributed by atoms with van der Waals surface area (Å²) in [5.74, 6) is 1.74. The Bertz CT molecular complexity index is 359. The summed E-state index contributed by atoms with van der Waals surface area (Å²) >= 11 is 3.55. The lowest BCUT2D eigenvalue weighted by molar-refractivity contribution is 0.411. The number of ether oxygens (including phenoxy) is 1. The molecule has 1 aliphatic heterocycles. The smallest absolute Gasteiger partial charge is 0.133 e. The van der Waals surface area contributed by atoms with Crippen LogP contribution in [-0.2, 0) is 6.42 Å². The van der Waals surface area contributed by atoms with Crippen LogP contribution in [-0.4, -0.2) is 20.2 Å². The van der Waals surface area contributed by atoms with E-state index in [0.717, 1.165) is 16.1 Å². The summed E-state index contributed by atoms with van der Waals surface area (Å²) in [5, 5.41) is 3.46. The first-order chi connectivity index (χ1) is 8.29. The lowest BCUT2D eigenvalue weighted by atomic mass is 9.93. The molecule has 1 fully saturated rings. The quantitative estimate of drug-likeness (QED) is 0.923. The van der Waals surface area contributed by atoms with Crippen molar-refractivity contribution in [2.75, 3.05) is 20.2 Å². The highest BCUT2D eigenvalue weighted by atomic mass is 79.9. The van der Waals surface area contributed by atoms with Gasteiger partial charge in [-0.15, -0.1) is 0 Å². The number of halogens is 1. The van der Waals surface area contributed by atoms with Crippen LogP contribution in [0.4, 0.5) is 0 Å². The van der Waals surface area contributed by atoms with Crippen molar-refractivity contribution in [3.63, 3.8) is 0 Å². The second-order valence-corrected chi connectivity index (χ2v) is 5.57. The molecular weight excluding hydrogens is 278 g/mol. The average molecular weight is 298 g/mol. The van der Waals surface area contributed by atoms with Crippen LogP contribution < -0.4 is 10.1 Å². The van der Waals surface area contributed by atoms with Gasteiger partial charge >= 0.3 is 0 Å². The van der Waals surface area contributed by atoms with E-state index in [0.29, 0.717) is 0 Å². The minimum absolute atomic E-state index is 0.824. The van der Waals surface area contributed by atoms with Crippen LogP contribution in [0.1, 0.15) is 24.8 Å². The minimum atomic E-state index is 0.824. The van der Waals surface area contributed by atoms with Crippen LogP contribution >= 0.6 is 15.9 Å². The van der Waals surface area contributed by atoms with Crippen molar-refractivity contribution in [1.29, 1.82) is 0 Å². The van der Waals surface area contributed by atoms with Crippen molar-refractivity contribution >= 4 is 15.9 Å². The zero-order chi connectivity index (χ0) is 12.1. The van der Waals surface area contributed by atoms with Crippen LogP contribution in [0, 0.1) is 5.92 Å². The predicted molar refractivity (Wildman–Crippen MR) is 74.6 cm³/mol. The molecule has 0 aliphatic carbocycles. The van der Waals surface area contributed by atoms with Crippen LogP contribution in [0.5, 0.6) is 5.75 Å². The predicted octanol–water partition coefficient (Wildman–Crippen LogP) is 3.39. The molecule has 1 aliphatic rings. The molecule has 0 amide bonds. The maximum absolute atomic E-state index is 5.25. The first-order valence-electron chi connectivity index (χ1n) is 6.32. The Hall–Kier alpha value is -0.540. The zero-order valence-electron chi connectivity index (χ0n) is 10.3. The van der Waals surface area contributed by atoms with Gasteiger partial charge in [0.2, 0.25) is 0 Å². The molecule has 1 aromatic carbocycles. The standard InChI is InChI=1S/C14H20BrNO/c1-17-14-5-4-12(10-13(14)15)9-11-3-2-7-16-8-6-11/h4-5,10-11,16H,2-3,6-9H2,1H3. The molecule has 17 heavy (non-hydrogen) atoms. The molecule has 3 heteroatoms. The number of nitrogens with one attached hydrogen (secondary N) is 1. The highest BCUT2D eigenvalue weighted by Gasteiger charge is 2.13. The van der Waals surface area contributed by atoms with Crippen LogP contribution in [0.3, 0.4) is 0 Å². The van der Waals surface area contributed by atoms with Gasteiger partial charge in [-0.05, 0) is 78.3 Å². The van der Waals surface area contributed by atoms with E-state index < -0.39 is 0 Å². The number of hydrogen-bond acceptors (Lipinski definition) is 2. The van der Waals surface area contributed by atoms with Crippen molar-refractivity contribution in [3.05, 3.63) is 28.2 Å². The van der Waals surface area contributed by atoms with Gasteiger partial charge in [-0.1, -0.05) is 6.07 Å². The largest absolute Gasteiger partial charge is 0.496 e. The molecule has 94 valence electrons. The second-order valence-electron chi connectivity index (χ2n) is 4.72. The summed E-state index contributed by atoms with van der Waals surface area (Å²) in [7, 11) is 1.71.